The van der Waals surface area contributed by atoms with E-state index in [-0.39, 0.29) is 29.9 Å². The van der Waals surface area contributed by atoms with Gasteiger partial charge in [0.2, 0.25) is 0 Å². The summed E-state index contributed by atoms with van der Waals surface area (Å²) in [6.07, 6.45) is 6.17. The third-order valence-corrected chi connectivity index (χ3v) is 7.74. The van der Waals surface area contributed by atoms with Crippen molar-refractivity contribution in [2.75, 3.05) is 0 Å². The summed E-state index contributed by atoms with van der Waals surface area (Å²) in [5, 5.41) is 3.47. The second-order valence-corrected chi connectivity index (χ2v) is 10.8. The Hall–Kier alpha value is -3.34. The van der Waals surface area contributed by atoms with E-state index in [0.717, 1.165) is 54.6 Å². The lowest BCUT2D eigenvalue weighted by molar-refractivity contribution is -0.146. The maximum atomic E-state index is 13.9. The fourth-order valence-corrected chi connectivity index (χ4v) is 6.06. The first-order valence-electron chi connectivity index (χ1n) is 13.7. The number of hydrogen-bond donors (Lipinski definition) is 1. The second kappa shape index (κ2) is 11.0. The van der Waals surface area contributed by atoms with E-state index in [1.54, 1.807) is 0 Å². The van der Waals surface area contributed by atoms with Gasteiger partial charge in [0.1, 0.15) is 11.9 Å². The number of carbonyl (C=O) groups excluding carboxylic acids is 2. The van der Waals surface area contributed by atoms with Crippen LogP contribution in [0.5, 0.6) is 5.75 Å². The van der Waals surface area contributed by atoms with Crippen molar-refractivity contribution < 1.29 is 19.1 Å². The van der Waals surface area contributed by atoms with Gasteiger partial charge in [0.15, 0.2) is 5.78 Å². The van der Waals surface area contributed by atoms with Gasteiger partial charge in [0, 0.05) is 29.0 Å². The molecular weight excluding hydrogens is 462 g/mol. The summed E-state index contributed by atoms with van der Waals surface area (Å²) in [7, 11) is 0. The standard InChI is InChI=1S/C32H37NO4/c1-20(2)36-28-17-11-10-16-25(28)30-29(32(35)37-24-14-8-5-9-15-24)21(3)33-26-18-23(19-27(34)31(26)30)22-12-6-4-7-13-22/h4,6-7,10-13,16-17,20,23-24,30,33H,5,8-9,14-15,18-19H2,1-3H3/t23-,30-/m0/s1. The molecule has 1 saturated carbocycles. The maximum Gasteiger partial charge on any atom is 0.337 e. The van der Waals surface area contributed by atoms with E-state index in [1.165, 1.54) is 6.42 Å². The number of ether oxygens (including phenoxy) is 2. The molecule has 194 valence electrons. The number of para-hydroxylation sites is 1. The molecule has 1 fully saturated rings. The van der Waals surface area contributed by atoms with Gasteiger partial charge < -0.3 is 14.8 Å². The third kappa shape index (κ3) is 5.36. The van der Waals surface area contributed by atoms with Crippen LogP contribution < -0.4 is 10.1 Å². The van der Waals surface area contributed by atoms with Gasteiger partial charge in [-0.1, -0.05) is 55.0 Å². The molecule has 1 heterocycles. The number of benzene rings is 2. The Morgan fingerprint density at radius 3 is 2.38 bits per heavy atom. The molecule has 2 aliphatic carbocycles. The zero-order valence-corrected chi connectivity index (χ0v) is 22.1. The number of nitrogens with one attached hydrogen (secondary N) is 1. The van der Waals surface area contributed by atoms with Gasteiger partial charge in [-0.25, -0.2) is 4.79 Å². The first kappa shape index (κ1) is 25.3. The summed E-state index contributed by atoms with van der Waals surface area (Å²) in [4.78, 5) is 27.6. The first-order valence-corrected chi connectivity index (χ1v) is 13.7. The van der Waals surface area contributed by atoms with E-state index in [9.17, 15) is 9.59 Å². The van der Waals surface area contributed by atoms with E-state index in [0.29, 0.717) is 23.3 Å². The lowest BCUT2D eigenvalue weighted by Crippen LogP contribution is -2.37. The molecule has 5 heteroatoms. The molecule has 0 amide bonds. The Bertz CT molecular complexity index is 1220. The molecule has 0 spiro atoms. The SMILES string of the molecule is CC1=C(C(=O)OC2CCCCC2)[C@H](c2ccccc2OC(C)C)C2=C(C[C@H](c3ccccc3)CC2=O)N1. The number of allylic oxidation sites excluding steroid dienone is 3. The quantitative estimate of drug-likeness (QED) is 0.448. The van der Waals surface area contributed by atoms with E-state index in [2.05, 4.69) is 17.4 Å². The van der Waals surface area contributed by atoms with Gasteiger partial charge in [-0.05, 0) is 70.4 Å². The molecule has 5 rings (SSSR count). The topological polar surface area (TPSA) is 64.6 Å². The Labute approximate surface area is 219 Å². The Morgan fingerprint density at radius 1 is 0.946 bits per heavy atom. The van der Waals surface area contributed by atoms with Gasteiger partial charge in [-0.15, -0.1) is 0 Å². The summed E-state index contributed by atoms with van der Waals surface area (Å²) in [6.45, 7) is 5.90. The molecule has 2 aromatic carbocycles. The van der Waals surface area contributed by atoms with Crippen molar-refractivity contribution in [3.05, 3.63) is 88.3 Å². The molecule has 37 heavy (non-hydrogen) atoms. The first-order chi connectivity index (χ1) is 17.9. The van der Waals surface area contributed by atoms with Crippen LogP contribution in [0.25, 0.3) is 0 Å². The van der Waals surface area contributed by atoms with Gasteiger partial charge in [-0.3, -0.25) is 4.79 Å². The smallest absolute Gasteiger partial charge is 0.337 e. The molecular formula is C32H37NO4. The third-order valence-electron chi connectivity index (χ3n) is 7.74. The molecule has 0 unspecified atom stereocenters. The highest BCUT2D eigenvalue weighted by atomic mass is 16.5. The molecule has 2 aromatic rings. The van der Waals surface area contributed by atoms with Crippen molar-refractivity contribution in [2.24, 2.45) is 0 Å². The van der Waals surface area contributed by atoms with Crippen LogP contribution in [0.2, 0.25) is 0 Å². The highest BCUT2D eigenvalue weighted by molar-refractivity contribution is 6.04. The molecule has 1 N–H and O–H groups in total. The van der Waals surface area contributed by atoms with Crippen LogP contribution in [0, 0.1) is 0 Å². The van der Waals surface area contributed by atoms with Crippen molar-refractivity contribution in [3.8, 4) is 5.75 Å². The number of dihydropyridines is 1. The molecule has 0 saturated heterocycles. The summed E-state index contributed by atoms with van der Waals surface area (Å²) in [5.74, 6) is 0.0241. The van der Waals surface area contributed by atoms with Gasteiger partial charge in [0.05, 0.1) is 17.6 Å². The Balaban J connectivity index is 1.57. The van der Waals surface area contributed by atoms with Crippen molar-refractivity contribution in [1.29, 1.82) is 0 Å². The van der Waals surface area contributed by atoms with Gasteiger partial charge in [-0.2, -0.15) is 0 Å². The monoisotopic (exact) mass is 499 g/mol. The minimum Gasteiger partial charge on any atom is -0.491 e. The number of hydrogen-bond acceptors (Lipinski definition) is 5. The highest BCUT2D eigenvalue weighted by Crippen LogP contribution is 2.48. The number of carbonyl (C=O) groups is 2. The average molecular weight is 500 g/mol. The normalized spacial score (nSPS) is 22.5. The van der Waals surface area contributed by atoms with E-state index in [4.69, 9.17) is 9.47 Å². The summed E-state index contributed by atoms with van der Waals surface area (Å²) < 4.78 is 12.3. The second-order valence-electron chi connectivity index (χ2n) is 10.8. The number of ketones is 1. The van der Waals surface area contributed by atoms with Crippen LogP contribution in [0.15, 0.2) is 77.1 Å². The maximum absolute atomic E-state index is 13.9. The number of Topliss-reactive ketones (excluding diaryl/α,β-unsaturated/α-hetero) is 1. The van der Waals surface area contributed by atoms with Crippen molar-refractivity contribution in [1.82, 2.24) is 5.32 Å². The van der Waals surface area contributed by atoms with Gasteiger partial charge >= 0.3 is 5.97 Å². The lowest BCUT2D eigenvalue weighted by atomic mass is 9.71. The molecule has 2 atom stereocenters. The van der Waals surface area contributed by atoms with E-state index in [1.807, 2.05) is 63.2 Å². The molecule has 0 bridgehead atoms. The van der Waals surface area contributed by atoms with Crippen LogP contribution in [0.1, 0.15) is 88.7 Å². The van der Waals surface area contributed by atoms with Crippen LogP contribution in [0.3, 0.4) is 0 Å². The predicted octanol–water partition coefficient (Wildman–Crippen LogP) is 6.71. The number of esters is 1. The Kier molecular flexibility index (Phi) is 7.50. The van der Waals surface area contributed by atoms with Crippen LogP contribution in [-0.2, 0) is 14.3 Å². The summed E-state index contributed by atoms with van der Waals surface area (Å²) in [5.41, 5.74) is 4.86. The van der Waals surface area contributed by atoms with Crippen LogP contribution in [-0.4, -0.2) is 24.0 Å². The fraction of sp³-hybridized carbons (Fsp3) is 0.438. The predicted molar refractivity (Wildman–Crippen MR) is 144 cm³/mol. The van der Waals surface area contributed by atoms with Crippen molar-refractivity contribution in [2.45, 2.75) is 89.8 Å². The number of rotatable bonds is 6. The van der Waals surface area contributed by atoms with E-state index >= 15 is 0 Å². The molecule has 0 aromatic heterocycles. The Morgan fingerprint density at radius 2 is 1.65 bits per heavy atom. The minimum absolute atomic E-state index is 0.0384. The molecule has 1 aliphatic heterocycles. The zero-order chi connectivity index (χ0) is 25.9. The van der Waals surface area contributed by atoms with Crippen LogP contribution in [0.4, 0.5) is 0 Å². The lowest BCUT2D eigenvalue weighted by Gasteiger charge is -2.37. The molecule has 5 nitrogen and oxygen atoms in total. The van der Waals surface area contributed by atoms with Crippen LogP contribution >= 0.6 is 0 Å². The largest absolute Gasteiger partial charge is 0.491 e. The van der Waals surface area contributed by atoms with Crippen molar-refractivity contribution in [3.63, 3.8) is 0 Å². The molecule has 3 aliphatic rings. The summed E-state index contributed by atoms with van der Waals surface area (Å²) >= 11 is 0. The minimum atomic E-state index is -0.522. The highest BCUT2D eigenvalue weighted by Gasteiger charge is 2.43. The zero-order valence-electron chi connectivity index (χ0n) is 22.1. The average Bonchev–Trinajstić information content (AvgIpc) is 2.89. The fourth-order valence-electron chi connectivity index (χ4n) is 6.06. The van der Waals surface area contributed by atoms with E-state index < -0.39 is 5.92 Å². The van der Waals surface area contributed by atoms with Crippen molar-refractivity contribution >= 4 is 11.8 Å². The van der Waals surface area contributed by atoms with Gasteiger partial charge in [0.25, 0.3) is 0 Å². The summed E-state index contributed by atoms with van der Waals surface area (Å²) in [6, 6.07) is 18.0. The molecule has 0 radical (unpaired) electrons.